The summed E-state index contributed by atoms with van der Waals surface area (Å²) in [5.41, 5.74) is 0.806. The number of benzene rings is 2. The van der Waals surface area contributed by atoms with Crippen molar-refractivity contribution in [2.75, 3.05) is 4.90 Å². The molecule has 1 spiro atoms. The van der Waals surface area contributed by atoms with Crippen LogP contribution in [0.3, 0.4) is 0 Å². The van der Waals surface area contributed by atoms with Crippen LogP contribution >= 0.6 is 0 Å². The minimum Gasteiger partial charge on any atom is -0.481 e. The lowest BCUT2D eigenvalue weighted by atomic mass is 9.74. The highest BCUT2D eigenvalue weighted by Crippen LogP contribution is 2.57. The Morgan fingerprint density at radius 3 is 2.75 bits per heavy atom. The molecule has 1 N–H and O–H groups in total. The molecule has 142 valence electrons. The van der Waals surface area contributed by atoms with Crippen LogP contribution in [0.15, 0.2) is 66.8 Å². The van der Waals surface area contributed by atoms with Crippen LogP contribution in [0, 0.1) is 11.8 Å². The summed E-state index contributed by atoms with van der Waals surface area (Å²) in [5, 5.41) is 11.8. The zero-order valence-electron chi connectivity index (χ0n) is 15.5. The van der Waals surface area contributed by atoms with Crippen molar-refractivity contribution in [1.82, 2.24) is 0 Å². The molecule has 5 nitrogen and oxygen atoms in total. The first-order valence-electron chi connectivity index (χ1n) is 9.49. The maximum Gasteiger partial charge on any atom is 0.310 e. The SMILES string of the molecule is C=C(C)C[C@@H]1N(c2cccc3ccccc23)C(=O)[C@H]2[C@@H](C(=O)O)[C@@H]3C=C[C@]12O3. The minimum absolute atomic E-state index is 0.179. The van der Waals surface area contributed by atoms with E-state index in [9.17, 15) is 14.7 Å². The number of hydrogen-bond acceptors (Lipinski definition) is 3. The molecule has 0 saturated carbocycles. The second kappa shape index (κ2) is 5.79. The number of carboxylic acid groups (broad SMARTS) is 1. The highest BCUT2D eigenvalue weighted by Gasteiger charge is 2.71. The summed E-state index contributed by atoms with van der Waals surface area (Å²) >= 11 is 0. The van der Waals surface area contributed by atoms with E-state index in [1.165, 1.54) is 0 Å². The monoisotopic (exact) mass is 375 g/mol. The number of aliphatic carboxylic acids is 1. The number of carbonyl (C=O) groups excluding carboxylic acids is 1. The van der Waals surface area contributed by atoms with Crippen molar-refractivity contribution >= 4 is 28.3 Å². The van der Waals surface area contributed by atoms with Crippen molar-refractivity contribution in [2.45, 2.75) is 31.1 Å². The average molecular weight is 375 g/mol. The Labute approximate surface area is 162 Å². The first-order valence-corrected chi connectivity index (χ1v) is 9.49. The van der Waals surface area contributed by atoms with Gasteiger partial charge in [0.2, 0.25) is 5.91 Å². The summed E-state index contributed by atoms with van der Waals surface area (Å²) in [6, 6.07) is 13.4. The van der Waals surface area contributed by atoms with Gasteiger partial charge in [0.05, 0.1) is 23.8 Å². The van der Waals surface area contributed by atoms with Crippen molar-refractivity contribution in [2.24, 2.45) is 11.8 Å². The Hall–Kier alpha value is -2.92. The molecule has 0 radical (unpaired) electrons. The van der Waals surface area contributed by atoms with Gasteiger partial charge in [0.25, 0.3) is 0 Å². The summed E-state index contributed by atoms with van der Waals surface area (Å²) in [5.74, 6) is -2.74. The van der Waals surface area contributed by atoms with E-state index in [2.05, 4.69) is 6.58 Å². The van der Waals surface area contributed by atoms with Crippen molar-refractivity contribution in [3.8, 4) is 0 Å². The lowest BCUT2D eigenvalue weighted by Crippen LogP contribution is -2.45. The molecule has 3 heterocycles. The Morgan fingerprint density at radius 2 is 2.00 bits per heavy atom. The molecule has 5 heteroatoms. The van der Waals surface area contributed by atoms with Gasteiger partial charge in [-0.05, 0) is 24.8 Å². The van der Waals surface area contributed by atoms with Gasteiger partial charge in [-0.25, -0.2) is 0 Å². The van der Waals surface area contributed by atoms with Crippen molar-refractivity contribution in [3.63, 3.8) is 0 Å². The van der Waals surface area contributed by atoms with Gasteiger partial charge >= 0.3 is 5.97 Å². The third kappa shape index (κ3) is 2.11. The normalized spacial score (nSPS) is 32.9. The van der Waals surface area contributed by atoms with Gasteiger partial charge in [0, 0.05) is 5.39 Å². The fourth-order valence-electron chi connectivity index (χ4n) is 5.22. The van der Waals surface area contributed by atoms with Crippen LogP contribution in [-0.2, 0) is 14.3 Å². The van der Waals surface area contributed by atoms with E-state index in [0.29, 0.717) is 6.42 Å². The van der Waals surface area contributed by atoms with Crippen LogP contribution in [-0.4, -0.2) is 34.7 Å². The molecule has 28 heavy (non-hydrogen) atoms. The number of carbonyl (C=O) groups is 2. The molecule has 0 aliphatic carbocycles. The predicted molar refractivity (Wildman–Crippen MR) is 106 cm³/mol. The topological polar surface area (TPSA) is 66.8 Å². The number of amides is 1. The maximum absolute atomic E-state index is 13.6. The molecular formula is C23H21NO4. The third-order valence-electron chi connectivity index (χ3n) is 6.27. The molecule has 0 unspecified atom stereocenters. The second-order valence-corrected chi connectivity index (χ2v) is 8.02. The lowest BCUT2D eigenvalue weighted by Gasteiger charge is -2.34. The maximum atomic E-state index is 13.6. The highest BCUT2D eigenvalue weighted by molar-refractivity contribution is 6.09. The summed E-state index contributed by atoms with van der Waals surface area (Å²) in [7, 11) is 0. The largest absolute Gasteiger partial charge is 0.481 e. The van der Waals surface area contributed by atoms with Crippen LogP contribution < -0.4 is 4.90 Å². The van der Waals surface area contributed by atoms with Crippen molar-refractivity contribution in [3.05, 3.63) is 66.8 Å². The summed E-state index contributed by atoms with van der Waals surface area (Å²) < 4.78 is 6.21. The fraction of sp³-hybridized carbons (Fsp3) is 0.304. The summed E-state index contributed by atoms with van der Waals surface area (Å²) in [6.45, 7) is 5.97. The number of fused-ring (bicyclic) bond motifs is 2. The Balaban J connectivity index is 1.71. The van der Waals surface area contributed by atoms with E-state index in [4.69, 9.17) is 4.74 Å². The van der Waals surface area contributed by atoms with E-state index >= 15 is 0 Å². The molecule has 3 aliphatic rings. The van der Waals surface area contributed by atoms with Gasteiger partial charge in [-0.15, -0.1) is 6.58 Å². The number of nitrogens with zero attached hydrogens (tertiary/aromatic N) is 1. The molecule has 5 atom stereocenters. The number of hydrogen-bond donors (Lipinski definition) is 1. The van der Waals surface area contributed by atoms with E-state index < -0.39 is 29.5 Å². The van der Waals surface area contributed by atoms with Crippen LogP contribution in [0.1, 0.15) is 13.3 Å². The standard InChI is InChI=1S/C23H21NO4/c1-13(2)12-18-23-11-10-17(28-23)19(22(26)27)20(23)21(25)24(18)16-9-5-7-14-6-3-4-8-15(14)16/h3-11,17-20H,1,12H2,2H3,(H,26,27)/t17-,18-,19-,20+,23-/m0/s1. The fourth-order valence-corrected chi connectivity index (χ4v) is 5.22. The molecule has 2 fully saturated rings. The molecule has 2 saturated heterocycles. The smallest absolute Gasteiger partial charge is 0.310 e. The molecule has 1 amide bonds. The van der Waals surface area contributed by atoms with Crippen LogP contribution in [0.2, 0.25) is 0 Å². The first-order chi connectivity index (χ1) is 13.4. The average Bonchev–Trinajstić information content (AvgIpc) is 3.30. The molecule has 5 rings (SSSR count). The van der Waals surface area contributed by atoms with Crippen molar-refractivity contribution in [1.29, 1.82) is 0 Å². The lowest BCUT2D eigenvalue weighted by molar-refractivity contribution is -0.146. The van der Waals surface area contributed by atoms with E-state index in [1.54, 1.807) is 11.0 Å². The van der Waals surface area contributed by atoms with E-state index in [0.717, 1.165) is 22.0 Å². The molecule has 2 bridgehead atoms. The first kappa shape index (κ1) is 17.2. The van der Waals surface area contributed by atoms with Gasteiger partial charge in [-0.3, -0.25) is 9.59 Å². The molecule has 3 aliphatic heterocycles. The number of carboxylic acids is 1. The summed E-state index contributed by atoms with van der Waals surface area (Å²) in [4.78, 5) is 27.4. The second-order valence-electron chi connectivity index (χ2n) is 8.02. The molecule has 2 aromatic carbocycles. The van der Waals surface area contributed by atoms with Crippen molar-refractivity contribution < 1.29 is 19.4 Å². The van der Waals surface area contributed by atoms with Gasteiger partial charge in [-0.2, -0.15) is 0 Å². The van der Waals surface area contributed by atoms with E-state index in [1.807, 2.05) is 55.5 Å². The van der Waals surface area contributed by atoms with Crippen LogP contribution in [0.4, 0.5) is 5.69 Å². The highest BCUT2D eigenvalue weighted by atomic mass is 16.5. The molecule has 2 aromatic rings. The number of ether oxygens (including phenoxy) is 1. The third-order valence-corrected chi connectivity index (χ3v) is 6.27. The minimum atomic E-state index is -0.983. The Morgan fingerprint density at radius 1 is 1.25 bits per heavy atom. The van der Waals surface area contributed by atoms with Gasteiger partial charge < -0.3 is 14.7 Å². The Kier molecular flexibility index (Phi) is 3.55. The van der Waals surface area contributed by atoms with E-state index in [-0.39, 0.29) is 11.9 Å². The van der Waals surface area contributed by atoms with Gasteiger partial charge in [0.15, 0.2) is 0 Å². The van der Waals surface area contributed by atoms with Gasteiger partial charge in [-0.1, -0.05) is 54.1 Å². The quantitative estimate of drug-likeness (QED) is 0.830. The van der Waals surface area contributed by atoms with Gasteiger partial charge in [0.1, 0.15) is 11.5 Å². The molecular weight excluding hydrogens is 354 g/mol. The number of anilines is 1. The number of rotatable bonds is 4. The predicted octanol–water partition coefficient (Wildman–Crippen LogP) is 3.55. The summed E-state index contributed by atoms with van der Waals surface area (Å²) in [6.07, 6.45) is 3.72. The van der Waals surface area contributed by atoms with Crippen LogP contribution in [0.25, 0.3) is 10.8 Å². The van der Waals surface area contributed by atoms with Crippen LogP contribution in [0.5, 0.6) is 0 Å². The zero-order valence-corrected chi connectivity index (χ0v) is 15.5. The Bertz CT molecular complexity index is 1050. The zero-order chi connectivity index (χ0) is 19.6. The molecule has 0 aromatic heterocycles.